The van der Waals surface area contributed by atoms with Gasteiger partial charge in [-0.1, -0.05) is 17.2 Å². The third-order valence-corrected chi connectivity index (χ3v) is 2.19. The van der Waals surface area contributed by atoms with E-state index in [1.807, 2.05) is 0 Å². The van der Waals surface area contributed by atoms with Crippen LogP contribution in [0.3, 0.4) is 0 Å². The van der Waals surface area contributed by atoms with Crippen LogP contribution in [-0.4, -0.2) is 22.9 Å². The summed E-state index contributed by atoms with van der Waals surface area (Å²) in [7, 11) is 0. The maximum Gasteiger partial charge on any atom is 0.105 e. The summed E-state index contributed by atoms with van der Waals surface area (Å²) in [4.78, 5) is 3.20. The first-order valence-electron chi connectivity index (χ1n) is 4.31. The molecule has 1 rings (SSSR count). The van der Waals surface area contributed by atoms with Gasteiger partial charge in [0.1, 0.15) is 6.10 Å². The number of nitrogens with zero attached hydrogens (tertiary/aromatic N) is 3. The molecule has 5 nitrogen and oxygen atoms in total. The quantitative estimate of drug-likeness (QED) is 0.315. The lowest BCUT2D eigenvalue weighted by molar-refractivity contribution is 0.0243. The zero-order chi connectivity index (χ0) is 11.3. The number of aliphatic hydroxyl groups excluding tert-OH is 2. The monoisotopic (exact) mass is 225 g/mol. The van der Waals surface area contributed by atoms with E-state index in [1.54, 1.807) is 24.3 Å². The molecule has 1 aromatic rings. The molecular weight excluding hydrogens is 214 g/mol. The number of benzene rings is 1. The first-order valence-corrected chi connectivity index (χ1v) is 4.76. The second-order valence-corrected chi connectivity index (χ2v) is 3.54. The number of azide groups is 1. The maximum absolute atomic E-state index is 9.67. The normalized spacial score (nSPS) is 14.1. The van der Waals surface area contributed by atoms with Crippen LogP contribution in [0.15, 0.2) is 34.3 Å². The molecule has 0 radical (unpaired) electrons. The van der Waals surface area contributed by atoms with Gasteiger partial charge in [-0.25, -0.2) is 0 Å². The summed E-state index contributed by atoms with van der Waals surface area (Å²) in [5, 5.41) is 22.3. The topological polar surface area (TPSA) is 89.2 Å². The molecule has 2 N–H and O–H groups in total. The van der Waals surface area contributed by atoms with Crippen LogP contribution in [0.25, 0.3) is 10.4 Å². The fourth-order valence-corrected chi connectivity index (χ4v) is 1.39. The van der Waals surface area contributed by atoms with Crippen LogP contribution in [0, 0.1) is 0 Å². The van der Waals surface area contributed by atoms with Crippen molar-refractivity contribution in [3.05, 3.63) is 40.3 Å². The second kappa shape index (κ2) is 5.63. The standard InChI is InChI=1S/C9H11N3O2S/c10-12-11-5-8(13)9(14)6-2-1-3-7(15)4-6/h1-4,8-9,13-15H,5H2. The van der Waals surface area contributed by atoms with Gasteiger partial charge in [0.05, 0.1) is 12.6 Å². The molecule has 0 bridgehead atoms. The van der Waals surface area contributed by atoms with Crippen LogP contribution < -0.4 is 0 Å². The van der Waals surface area contributed by atoms with Crippen molar-refractivity contribution in [2.75, 3.05) is 6.54 Å². The lowest BCUT2D eigenvalue weighted by Crippen LogP contribution is -2.21. The number of hydrogen-bond acceptors (Lipinski definition) is 4. The van der Waals surface area contributed by atoms with Crippen molar-refractivity contribution in [1.29, 1.82) is 0 Å². The third kappa shape index (κ3) is 3.45. The number of hydrogen-bond donors (Lipinski definition) is 3. The smallest absolute Gasteiger partial charge is 0.105 e. The van der Waals surface area contributed by atoms with E-state index in [-0.39, 0.29) is 6.54 Å². The van der Waals surface area contributed by atoms with Crippen LogP contribution in [0.2, 0.25) is 0 Å². The van der Waals surface area contributed by atoms with E-state index in [1.165, 1.54) is 0 Å². The number of thiol groups is 1. The molecule has 0 aliphatic rings. The first kappa shape index (κ1) is 11.9. The van der Waals surface area contributed by atoms with Crippen LogP contribution in [0.5, 0.6) is 0 Å². The largest absolute Gasteiger partial charge is 0.390 e. The molecule has 0 aliphatic heterocycles. The minimum atomic E-state index is -1.10. The van der Waals surface area contributed by atoms with Crippen molar-refractivity contribution in [2.24, 2.45) is 5.11 Å². The second-order valence-electron chi connectivity index (χ2n) is 3.02. The molecule has 15 heavy (non-hydrogen) atoms. The van der Waals surface area contributed by atoms with Crippen LogP contribution in [0.4, 0.5) is 0 Å². The SMILES string of the molecule is [N-]=[N+]=NCC(O)C(O)c1cccc(S)c1. The molecule has 6 heteroatoms. The van der Waals surface area contributed by atoms with Gasteiger partial charge >= 0.3 is 0 Å². The number of aliphatic hydroxyl groups is 2. The zero-order valence-electron chi connectivity index (χ0n) is 7.85. The van der Waals surface area contributed by atoms with Gasteiger partial charge in [-0.05, 0) is 23.2 Å². The Morgan fingerprint density at radius 2 is 2.20 bits per heavy atom. The Hall–Kier alpha value is -1.20. The fraction of sp³-hybridized carbons (Fsp3) is 0.333. The molecule has 0 heterocycles. The van der Waals surface area contributed by atoms with Gasteiger partial charge in [-0.15, -0.1) is 12.6 Å². The average Bonchev–Trinajstić information content (AvgIpc) is 2.24. The van der Waals surface area contributed by atoms with Crippen molar-refractivity contribution < 1.29 is 10.2 Å². The molecule has 0 amide bonds. The average molecular weight is 225 g/mol. The fourth-order valence-electron chi connectivity index (χ4n) is 1.15. The van der Waals surface area contributed by atoms with E-state index in [2.05, 4.69) is 22.7 Å². The Kier molecular flexibility index (Phi) is 4.45. The molecule has 2 unspecified atom stereocenters. The summed E-state index contributed by atoms with van der Waals surface area (Å²) in [6.45, 7) is -0.158. The van der Waals surface area contributed by atoms with Crippen molar-refractivity contribution in [1.82, 2.24) is 0 Å². The molecule has 1 aromatic carbocycles. The molecule has 0 saturated heterocycles. The van der Waals surface area contributed by atoms with Crippen molar-refractivity contribution in [3.8, 4) is 0 Å². The highest BCUT2D eigenvalue weighted by atomic mass is 32.1. The highest BCUT2D eigenvalue weighted by molar-refractivity contribution is 7.80. The molecular formula is C9H11N3O2S. The molecule has 0 fully saturated rings. The van der Waals surface area contributed by atoms with Gasteiger partial charge in [0.25, 0.3) is 0 Å². The third-order valence-electron chi connectivity index (χ3n) is 1.91. The number of rotatable bonds is 4. The minimum absolute atomic E-state index is 0.158. The van der Waals surface area contributed by atoms with E-state index in [0.29, 0.717) is 10.5 Å². The van der Waals surface area contributed by atoms with E-state index < -0.39 is 12.2 Å². The lowest BCUT2D eigenvalue weighted by Gasteiger charge is -2.16. The highest BCUT2D eigenvalue weighted by Crippen LogP contribution is 2.19. The first-order chi connectivity index (χ1) is 7.15. The summed E-state index contributed by atoms with van der Waals surface area (Å²) in [5.41, 5.74) is 8.61. The van der Waals surface area contributed by atoms with Gasteiger partial charge in [-0.2, -0.15) is 0 Å². The molecule has 0 spiro atoms. The molecule has 2 atom stereocenters. The van der Waals surface area contributed by atoms with Gasteiger partial charge in [0.15, 0.2) is 0 Å². The van der Waals surface area contributed by atoms with E-state index in [0.717, 1.165) is 0 Å². The summed E-state index contributed by atoms with van der Waals surface area (Å²) in [6.07, 6.45) is -2.17. The van der Waals surface area contributed by atoms with Gasteiger partial charge < -0.3 is 10.2 Å². The van der Waals surface area contributed by atoms with Gasteiger partial charge in [0, 0.05) is 9.81 Å². The predicted molar refractivity (Wildman–Crippen MR) is 58.7 cm³/mol. The Morgan fingerprint density at radius 3 is 2.80 bits per heavy atom. The van der Waals surface area contributed by atoms with Crippen LogP contribution in [-0.2, 0) is 0 Å². The van der Waals surface area contributed by atoms with Gasteiger partial charge in [0.2, 0.25) is 0 Å². The lowest BCUT2D eigenvalue weighted by atomic mass is 10.0. The molecule has 0 saturated carbocycles. The van der Waals surface area contributed by atoms with E-state index in [4.69, 9.17) is 5.53 Å². The Morgan fingerprint density at radius 1 is 1.47 bits per heavy atom. The highest BCUT2D eigenvalue weighted by Gasteiger charge is 2.17. The van der Waals surface area contributed by atoms with E-state index in [9.17, 15) is 10.2 Å². The van der Waals surface area contributed by atoms with E-state index >= 15 is 0 Å². The minimum Gasteiger partial charge on any atom is -0.390 e. The molecule has 0 aliphatic carbocycles. The van der Waals surface area contributed by atoms with Crippen molar-refractivity contribution >= 4 is 12.6 Å². The Balaban J connectivity index is 2.75. The van der Waals surface area contributed by atoms with Crippen molar-refractivity contribution in [2.45, 2.75) is 17.1 Å². The Bertz CT molecular complexity index is 379. The van der Waals surface area contributed by atoms with Crippen LogP contribution in [0.1, 0.15) is 11.7 Å². The molecule has 0 aromatic heterocycles. The zero-order valence-corrected chi connectivity index (χ0v) is 8.75. The summed E-state index contributed by atoms with van der Waals surface area (Å²) in [5.74, 6) is 0. The predicted octanol–water partition coefficient (Wildman–Crippen LogP) is 1.68. The summed E-state index contributed by atoms with van der Waals surface area (Å²) < 4.78 is 0. The summed E-state index contributed by atoms with van der Waals surface area (Å²) >= 11 is 4.11. The molecule has 80 valence electrons. The van der Waals surface area contributed by atoms with Crippen LogP contribution >= 0.6 is 12.6 Å². The van der Waals surface area contributed by atoms with Crippen molar-refractivity contribution in [3.63, 3.8) is 0 Å². The summed E-state index contributed by atoms with van der Waals surface area (Å²) in [6, 6.07) is 6.80. The van der Waals surface area contributed by atoms with Gasteiger partial charge in [-0.3, -0.25) is 0 Å². The Labute approximate surface area is 92.4 Å². The maximum atomic E-state index is 9.67.